The zero-order valence-electron chi connectivity index (χ0n) is 16.2. The number of hydrogen-bond donors (Lipinski definition) is 2. The summed E-state index contributed by atoms with van der Waals surface area (Å²) in [7, 11) is 0. The maximum atomic E-state index is 5.87. The molecule has 138 valence electrons. The van der Waals surface area contributed by atoms with E-state index in [1.165, 1.54) is 0 Å². The Bertz CT molecular complexity index is 946. The van der Waals surface area contributed by atoms with Crippen LogP contribution >= 0.6 is 0 Å². The fraction of sp³-hybridized carbons (Fsp3) is 0.154. The molecule has 28 heavy (non-hydrogen) atoms. The van der Waals surface area contributed by atoms with Crippen LogP contribution in [0.5, 0.6) is 0 Å². The van der Waals surface area contributed by atoms with Gasteiger partial charge < -0.3 is 11.5 Å². The van der Waals surface area contributed by atoms with Gasteiger partial charge in [0.25, 0.3) is 0 Å². The molecule has 4 N–H and O–H groups in total. The molecule has 0 amide bonds. The smallest absolute Gasteiger partial charge is 0.0266 e. The first-order chi connectivity index (χ1) is 13.5. The van der Waals surface area contributed by atoms with Gasteiger partial charge in [0.1, 0.15) is 0 Å². The van der Waals surface area contributed by atoms with Gasteiger partial charge in [-0.05, 0) is 73.5 Å². The SMILES string of the molecule is CC(N)c1ccc(C#Cc2ccc(C#Cc3ccc(C(C)N)cc3)cc2)cc1. The molecule has 0 heterocycles. The minimum absolute atomic E-state index is 0.0397. The molecular formula is C26H24N2. The maximum Gasteiger partial charge on any atom is 0.0266 e. The van der Waals surface area contributed by atoms with Gasteiger partial charge in [-0.2, -0.15) is 0 Å². The molecule has 0 spiro atoms. The Labute approximate surface area is 167 Å². The van der Waals surface area contributed by atoms with Gasteiger partial charge in [-0.3, -0.25) is 0 Å². The normalized spacial score (nSPS) is 12.1. The van der Waals surface area contributed by atoms with Crippen molar-refractivity contribution in [1.82, 2.24) is 0 Å². The van der Waals surface area contributed by atoms with Gasteiger partial charge in [-0.25, -0.2) is 0 Å². The number of benzene rings is 3. The third kappa shape index (κ3) is 5.35. The fourth-order valence-corrected chi connectivity index (χ4v) is 2.67. The van der Waals surface area contributed by atoms with E-state index in [9.17, 15) is 0 Å². The quantitative estimate of drug-likeness (QED) is 0.657. The van der Waals surface area contributed by atoms with Gasteiger partial charge in [-0.1, -0.05) is 47.9 Å². The van der Waals surface area contributed by atoms with Crippen molar-refractivity contribution in [2.45, 2.75) is 25.9 Å². The second kappa shape index (κ2) is 9.07. The molecule has 2 nitrogen and oxygen atoms in total. The molecule has 0 aliphatic carbocycles. The van der Waals surface area contributed by atoms with Crippen LogP contribution in [0.25, 0.3) is 0 Å². The Morgan fingerprint density at radius 3 is 0.893 bits per heavy atom. The van der Waals surface area contributed by atoms with Crippen LogP contribution in [0.4, 0.5) is 0 Å². The molecule has 0 aliphatic rings. The van der Waals surface area contributed by atoms with Gasteiger partial charge in [-0.15, -0.1) is 0 Å². The fourth-order valence-electron chi connectivity index (χ4n) is 2.67. The lowest BCUT2D eigenvalue weighted by atomic mass is 10.1. The lowest BCUT2D eigenvalue weighted by Crippen LogP contribution is -2.04. The van der Waals surface area contributed by atoms with Gasteiger partial charge in [0.15, 0.2) is 0 Å². The Kier molecular flexibility index (Phi) is 6.30. The summed E-state index contributed by atoms with van der Waals surface area (Å²) in [6, 6.07) is 24.1. The van der Waals surface area contributed by atoms with Crippen LogP contribution in [-0.4, -0.2) is 0 Å². The molecule has 0 aromatic heterocycles. The zero-order valence-corrected chi connectivity index (χ0v) is 16.2. The zero-order chi connectivity index (χ0) is 19.9. The van der Waals surface area contributed by atoms with Gasteiger partial charge in [0.2, 0.25) is 0 Å². The number of nitrogens with two attached hydrogens (primary N) is 2. The maximum absolute atomic E-state index is 5.87. The van der Waals surface area contributed by atoms with E-state index in [1.54, 1.807) is 0 Å². The first-order valence-electron chi connectivity index (χ1n) is 9.36. The molecule has 0 bridgehead atoms. The van der Waals surface area contributed by atoms with Crippen molar-refractivity contribution in [2.24, 2.45) is 11.5 Å². The molecule has 0 saturated carbocycles. The lowest BCUT2D eigenvalue weighted by molar-refractivity contribution is 0.818. The molecule has 0 saturated heterocycles. The van der Waals surface area contributed by atoms with Crippen LogP contribution in [-0.2, 0) is 0 Å². The molecule has 0 aliphatic heterocycles. The van der Waals surface area contributed by atoms with Gasteiger partial charge in [0.05, 0.1) is 0 Å². The molecule has 3 aromatic rings. The largest absolute Gasteiger partial charge is 0.324 e. The predicted octanol–water partition coefficient (Wildman–Crippen LogP) is 4.53. The van der Waals surface area contributed by atoms with E-state index in [2.05, 4.69) is 23.7 Å². The topological polar surface area (TPSA) is 52.0 Å². The Balaban J connectivity index is 1.67. The average molecular weight is 364 g/mol. The summed E-state index contributed by atoms with van der Waals surface area (Å²) in [5.74, 6) is 12.7. The summed E-state index contributed by atoms with van der Waals surface area (Å²) in [4.78, 5) is 0. The Hall–Kier alpha value is -3.30. The van der Waals surface area contributed by atoms with E-state index in [-0.39, 0.29) is 12.1 Å². The van der Waals surface area contributed by atoms with Crippen LogP contribution in [0.15, 0.2) is 72.8 Å². The second-order valence-electron chi connectivity index (χ2n) is 6.90. The third-order valence-corrected chi connectivity index (χ3v) is 4.46. The Morgan fingerprint density at radius 1 is 0.464 bits per heavy atom. The molecule has 3 aromatic carbocycles. The lowest BCUT2D eigenvalue weighted by Gasteiger charge is -2.04. The van der Waals surface area contributed by atoms with Crippen molar-refractivity contribution in [3.63, 3.8) is 0 Å². The van der Waals surface area contributed by atoms with Crippen molar-refractivity contribution in [3.8, 4) is 23.7 Å². The second-order valence-corrected chi connectivity index (χ2v) is 6.90. The van der Waals surface area contributed by atoms with Gasteiger partial charge in [0, 0.05) is 34.3 Å². The van der Waals surface area contributed by atoms with Crippen molar-refractivity contribution < 1.29 is 0 Å². The summed E-state index contributed by atoms with van der Waals surface area (Å²) < 4.78 is 0. The number of hydrogen-bond acceptors (Lipinski definition) is 2. The highest BCUT2D eigenvalue weighted by Gasteiger charge is 1.98. The molecular weight excluding hydrogens is 340 g/mol. The molecule has 3 rings (SSSR count). The van der Waals surface area contributed by atoms with E-state index in [4.69, 9.17) is 11.5 Å². The van der Waals surface area contributed by atoms with Crippen LogP contribution in [0.3, 0.4) is 0 Å². The summed E-state index contributed by atoms with van der Waals surface area (Å²) in [5.41, 5.74) is 17.8. The monoisotopic (exact) mass is 364 g/mol. The highest BCUT2D eigenvalue weighted by Crippen LogP contribution is 2.11. The minimum atomic E-state index is 0.0397. The molecule has 2 heteroatoms. The first-order valence-corrected chi connectivity index (χ1v) is 9.36. The van der Waals surface area contributed by atoms with Crippen LogP contribution < -0.4 is 11.5 Å². The van der Waals surface area contributed by atoms with Crippen molar-refractivity contribution in [3.05, 3.63) is 106 Å². The first kappa shape index (κ1) is 19.5. The third-order valence-electron chi connectivity index (χ3n) is 4.46. The van der Waals surface area contributed by atoms with E-state index >= 15 is 0 Å². The summed E-state index contributed by atoms with van der Waals surface area (Å²) >= 11 is 0. The van der Waals surface area contributed by atoms with Crippen molar-refractivity contribution >= 4 is 0 Å². The van der Waals surface area contributed by atoms with Crippen LogP contribution in [0.2, 0.25) is 0 Å². The standard InChI is InChI=1S/C26H24N2/c1-19(27)25-15-11-23(12-16-25)9-7-21-3-5-22(6-4-21)8-10-24-13-17-26(18-14-24)20(2)28/h3-6,11-20H,27-28H2,1-2H3. The van der Waals surface area contributed by atoms with E-state index < -0.39 is 0 Å². The molecule has 0 radical (unpaired) electrons. The van der Waals surface area contributed by atoms with E-state index in [0.29, 0.717) is 0 Å². The number of rotatable bonds is 2. The van der Waals surface area contributed by atoms with Crippen molar-refractivity contribution in [1.29, 1.82) is 0 Å². The molecule has 0 fully saturated rings. The average Bonchev–Trinajstić information content (AvgIpc) is 2.72. The molecule has 2 unspecified atom stereocenters. The summed E-state index contributed by atoms with van der Waals surface area (Å²) in [6.07, 6.45) is 0. The van der Waals surface area contributed by atoms with Crippen molar-refractivity contribution in [2.75, 3.05) is 0 Å². The highest BCUT2D eigenvalue weighted by molar-refractivity contribution is 5.48. The Morgan fingerprint density at radius 2 is 0.679 bits per heavy atom. The van der Waals surface area contributed by atoms with E-state index in [1.807, 2.05) is 86.6 Å². The molecule has 2 atom stereocenters. The highest BCUT2D eigenvalue weighted by atomic mass is 14.6. The van der Waals surface area contributed by atoms with Crippen LogP contribution in [0.1, 0.15) is 59.3 Å². The van der Waals surface area contributed by atoms with E-state index in [0.717, 1.165) is 33.4 Å². The summed E-state index contributed by atoms with van der Waals surface area (Å²) in [5, 5.41) is 0. The predicted molar refractivity (Wildman–Crippen MR) is 116 cm³/mol. The summed E-state index contributed by atoms with van der Waals surface area (Å²) in [6.45, 7) is 3.95. The van der Waals surface area contributed by atoms with Crippen LogP contribution in [0, 0.1) is 23.7 Å². The minimum Gasteiger partial charge on any atom is -0.324 e. The van der Waals surface area contributed by atoms with Gasteiger partial charge >= 0.3 is 0 Å².